The molecular weight excluding hydrogens is 352 g/mol. The number of hydrogen-bond donors (Lipinski definition) is 1. The number of amides is 1. The lowest BCUT2D eigenvalue weighted by Gasteiger charge is -2.32. The normalized spacial score (nSPS) is 16.0. The Morgan fingerprint density at radius 1 is 1.11 bits per heavy atom. The fourth-order valence-electron chi connectivity index (χ4n) is 3.36. The second kappa shape index (κ2) is 7.42. The van der Waals surface area contributed by atoms with Crippen LogP contribution in [0, 0.1) is 6.92 Å². The minimum Gasteiger partial charge on any atom is -0.346 e. The maximum atomic E-state index is 12.0. The largest absolute Gasteiger partial charge is 0.346 e. The zero-order valence-corrected chi connectivity index (χ0v) is 16.4. The molecule has 3 heterocycles. The molecule has 0 spiro atoms. The van der Waals surface area contributed by atoms with E-state index in [1.54, 1.807) is 0 Å². The molecule has 0 aliphatic carbocycles. The van der Waals surface area contributed by atoms with Crippen molar-refractivity contribution >= 4 is 17.4 Å². The SMILES string of the molecule is Cc1nc(CCc2cnn(Cc3ccccc3)c2)nc2c1NC(=O)[C@H](C)N2C. The third-order valence-corrected chi connectivity index (χ3v) is 5.17. The summed E-state index contributed by atoms with van der Waals surface area (Å²) in [4.78, 5) is 23.2. The second-order valence-electron chi connectivity index (χ2n) is 7.23. The molecule has 144 valence electrons. The molecule has 1 aliphatic rings. The molecule has 1 aliphatic heterocycles. The Hall–Kier alpha value is -3.22. The van der Waals surface area contributed by atoms with E-state index in [-0.39, 0.29) is 11.9 Å². The van der Waals surface area contributed by atoms with E-state index >= 15 is 0 Å². The number of benzene rings is 1. The number of carbonyl (C=O) groups excluding carboxylic acids is 1. The topological polar surface area (TPSA) is 75.9 Å². The van der Waals surface area contributed by atoms with E-state index in [2.05, 4.69) is 33.7 Å². The number of carbonyl (C=O) groups is 1. The number of nitrogens with zero attached hydrogens (tertiary/aromatic N) is 5. The number of likely N-dealkylation sites (N-methyl/N-ethyl adjacent to an activating group) is 1. The molecule has 2 aromatic heterocycles. The van der Waals surface area contributed by atoms with Gasteiger partial charge in [0.15, 0.2) is 5.82 Å². The van der Waals surface area contributed by atoms with Gasteiger partial charge in [0.25, 0.3) is 0 Å². The molecule has 1 atom stereocenters. The van der Waals surface area contributed by atoms with Gasteiger partial charge in [0.05, 0.1) is 18.4 Å². The average Bonchev–Trinajstić information content (AvgIpc) is 3.14. The third kappa shape index (κ3) is 3.60. The monoisotopic (exact) mass is 376 g/mol. The van der Waals surface area contributed by atoms with Gasteiger partial charge < -0.3 is 10.2 Å². The lowest BCUT2D eigenvalue weighted by Crippen LogP contribution is -2.45. The first-order chi connectivity index (χ1) is 13.5. The maximum Gasteiger partial charge on any atom is 0.246 e. The predicted molar refractivity (Wildman–Crippen MR) is 108 cm³/mol. The van der Waals surface area contributed by atoms with E-state index in [0.29, 0.717) is 5.69 Å². The number of hydrogen-bond acceptors (Lipinski definition) is 5. The molecule has 0 bridgehead atoms. The van der Waals surface area contributed by atoms with Gasteiger partial charge in [-0.05, 0) is 31.4 Å². The Balaban J connectivity index is 1.46. The van der Waals surface area contributed by atoms with Crippen LogP contribution in [0.25, 0.3) is 0 Å². The second-order valence-corrected chi connectivity index (χ2v) is 7.23. The van der Waals surface area contributed by atoms with E-state index in [4.69, 9.17) is 4.98 Å². The van der Waals surface area contributed by atoms with Gasteiger partial charge in [-0.25, -0.2) is 9.97 Å². The lowest BCUT2D eigenvalue weighted by atomic mass is 10.1. The van der Waals surface area contributed by atoms with Crippen LogP contribution < -0.4 is 10.2 Å². The van der Waals surface area contributed by atoms with Crippen molar-refractivity contribution in [3.63, 3.8) is 0 Å². The van der Waals surface area contributed by atoms with Crippen LogP contribution in [0.3, 0.4) is 0 Å². The number of aromatic nitrogens is 4. The van der Waals surface area contributed by atoms with E-state index in [1.807, 2.05) is 54.9 Å². The minimum absolute atomic E-state index is 0.0275. The van der Waals surface area contributed by atoms with Crippen molar-refractivity contribution in [1.82, 2.24) is 19.7 Å². The summed E-state index contributed by atoms with van der Waals surface area (Å²) < 4.78 is 1.95. The number of anilines is 2. The van der Waals surface area contributed by atoms with Crippen molar-refractivity contribution < 1.29 is 4.79 Å². The Labute approximate surface area is 164 Å². The first-order valence-electron chi connectivity index (χ1n) is 9.47. The standard InChI is InChI=1S/C21H24N6O/c1-14-19-20(26(3)15(2)21(28)25-19)24-18(23-14)10-9-17-11-22-27(13-17)12-16-7-5-4-6-8-16/h4-8,11,13,15H,9-10,12H2,1-3H3,(H,25,28)/t15-/m0/s1. The molecule has 1 N–H and O–H groups in total. The summed E-state index contributed by atoms with van der Waals surface area (Å²) in [5.41, 5.74) is 3.90. The van der Waals surface area contributed by atoms with E-state index in [9.17, 15) is 4.79 Å². The van der Waals surface area contributed by atoms with Crippen LogP contribution in [0.1, 0.15) is 29.6 Å². The van der Waals surface area contributed by atoms with Crippen LogP contribution in [-0.2, 0) is 24.2 Å². The molecule has 1 amide bonds. The van der Waals surface area contributed by atoms with Crippen molar-refractivity contribution in [3.05, 3.63) is 65.4 Å². The Morgan fingerprint density at radius 2 is 1.89 bits per heavy atom. The van der Waals surface area contributed by atoms with Crippen LogP contribution in [-0.4, -0.2) is 38.7 Å². The molecule has 7 heteroatoms. The summed E-state index contributed by atoms with van der Waals surface area (Å²) in [6.45, 7) is 4.54. The van der Waals surface area contributed by atoms with Crippen LogP contribution in [0.2, 0.25) is 0 Å². The minimum atomic E-state index is -0.245. The van der Waals surface area contributed by atoms with Crippen LogP contribution in [0.4, 0.5) is 11.5 Å². The Morgan fingerprint density at radius 3 is 2.68 bits per heavy atom. The molecule has 7 nitrogen and oxygen atoms in total. The molecule has 3 aromatic rings. The molecule has 0 fully saturated rings. The van der Waals surface area contributed by atoms with Crippen molar-refractivity contribution in [2.24, 2.45) is 0 Å². The van der Waals surface area contributed by atoms with Gasteiger partial charge >= 0.3 is 0 Å². The predicted octanol–water partition coefficient (Wildman–Crippen LogP) is 2.59. The molecule has 4 rings (SSSR count). The third-order valence-electron chi connectivity index (χ3n) is 5.17. The van der Waals surface area contributed by atoms with Crippen LogP contribution in [0.5, 0.6) is 0 Å². The highest BCUT2D eigenvalue weighted by Crippen LogP contribution is 2.31. The fraction of sp³-hybridized carbons (Fsp3) is 0.333. The number of aryl methyl sites for hydroxylation is 3. The highest BCUT2D eigenvalue weighted by atomic mass is 16.2. The molecule has 0 radical (unpaired) electrons. The average molecular weight is 376 g/mol. The molecule has 0 saturated carbocycles. The number of nitrogens with one attached hydrogen (secondary N) is 1. The Bertz CT molecular complexity index is 997. The number of fused-ring (bicyclic) bond motifs is 1. The quantitative estimate of drug-likeness (QED) is 0.741. The first kappa shape index (κ1) is 18.2. The van der Waals surface area contributed by atoms with Crippen molar-refractivity contribution in [2.45, 2.75) is 39.3 Å². The smallest absolute Gasteiger partial charge is 0.246 e. The van der Waals surface area contributed by atoms with Gasteiger partial charge in [0.2, 0.25) is 5.91 Å². The zero-order chi connectivity index (χ0) is 19.7. The molecule has 1 aromatic carbocycles. The van der Waals surface area contributed by atoms with Crippen LogP contribution in [0.15, 0.2) is 42.7 Å². The van der Waals surface area contributed by atoms with Gasteiger partial charge in [-0.15, -0.1) is 0 Å². The van der Waals surface area contributed by atoms with Gasteiger partial charge in [-0.3, -0.25) is 9.48 Å². The van der Waals surface area contributed by atoms with Gasteiger partial charge in [0.1, 0.15) is 17.6 Å². The molecule has 0 saturated heterocycles. The van der Waals surface area contributed by atoms with Gasteiger partial charge in [0, 0.05) is 19.7 Å². The highest BCUT2D eigenvalue weighted by molar-refractivity contribution is 6.02. The van der Waals surface area contributed by atoms with E-state index in [1.165, 1.54) is 5.56 Å². The van der Waals surface area contributed by atoms with E-state index in [0.717, 1.165) is 42.3 Å². The van der Waals surface area contributed by atoms with E-state index < -0.39 is 0 Å². The molecule has 0 unspecified atom stereocenters. The van der Waals surface area contributed by atoms with Gasteiger partial charge in [-0.2, -0.15) is 5.10 Å². The highest BCUT2D eigenvalue weighted by Gasteiger charge is 2.30. The lowest BCUT2D eigenvalue weighted by molar-refractivity contribution is -0.117. The summed E-state index contributed by atoms with van der Waals surface area (Å²) in [6, 6.07) is 10.0. The maximum absolute atomic E-state index is 12.0. The van der Waals surface area contributed by atoms with Crippen molar-refractivity contribution in [2.75, 3.05) is 17.3 Å². The first-order valence-corrected chi connectivity index (χ1v) is 9.47. The fourth-order valence-corrected chi connectivity index (χ4v) is 3.36. The van der Waals surface area contributed by atoms with Crippen molar-refractivity contribution in [3.8, 4) is 0 Å². The Kier molecular flexibility index (Phi) is 4.81. The molecular formula is C21H24N6O. The summed E-state index contributed by atoms with van der Waals surface area (Å²) in [7, 11) is 1.89. The summed E-state index contributed by atoms with van der Waals surface area (Å²) >= 11 is 0. The number of rotatable bonds is 5. The summed E-state index contributed by atoms with van der Waals surface area (Å²) in [6.07, 6.45) is 5.52. The van der Waals surface area contributed by atoms with Crippen molar-refractivity contribution in [1.29, 1.82) is 0 Å². The summed E-state index contributed by atoms with van der Waals surface area (Å²) in [5.74, 6) is 1.54. The van der Waals surface area contributed by atoms with Crippen LogP contribution >= 0.6 is 0 Å². The molecule has 28 heavy (non-hydrogen) atoms. The summed E-state index contributed by atoms with van der Waals surface area (Å²) in [5, 5.41) is 7.38. The van der Waals surface area contributed by atoms with Gasteiger partial charge in [-0.1, -0.05) is 30.3 Å². The zero-order valence-electron chi connectivity index (χ0n) is 16.4.